The van der Waals surface area contributed by atoms with Gasteiger partial charge in [-0.25, -0.2) is 13.2 Å². The maximum Gasteiger partial charge on any atom is 0.322 e. The van der Waals surface area contributed by atoms with Gasteiger partial charge in [0, 0.05) is 36.6 Å². The Hall–Kier alpha value is -1.96. The number of carbonyl (C=O) groups excluding carboxylic acids is 1. The maximum absolute atomic E-state index is 12.9. The summed E-state index contributed by atoms with van der Waals surface area (Å²) in [7, 11) is -3.04. The van der Waals surface area contributed by atoms with Gasteiger partial charge in [0.1, 0.15) is 11.5 Å². The van der Waals surface area contributed by atoms with Gasteiger partial charge in [-0.15, -0.1) is 0 Å². The monoisotopic (exact) mass is 366 g/mol. The molecule has 1 saturated heterocycles. The zero-order valence-electron chi connectivity index (χ0n) is 14.2. The highest BCUT2D eigenvalue weighted by atomic mass is 32.2. The molecule has 0 aliphatic carbocycles. The first-order chi connectivity index (χ1) is 12.0. The molecule has 1 aromatic rings. The third-order valence-corrected chi connectivity index (χ3v) is 6.88. The molecule has 7 nitrogen and oxygen atoms in total. The van der Waals surface area contributed by atoms with E-state index in [-0.39, 0.29) is 23.6 Å². The van der Waals surface area contributed by atoms with E-state index in [1.165, 1.54) is 0 Å². The van der Waals surface area contributed by atoms with Crippen LogP contribution in [-0.4, -0.2) is 56.7 Å². The molecule has 0 bridgehead atoms. The standard InChI is InChI=1S/C17H22N2O5S/c1-2-19(12-5-8-25(21,22)10-12)17(20)18-15-13-4-7-23-14(13)9-11-3-6-24-16(11)15/h9,12H,2-8,10H2,1H3,(H,18,20). The molecule has 3 heterocycles. The van der Waals surface area contributed by atoms with Gasteiger partial charge in [0.2, 0.25) is 0 Å². The number of carbonyl (C=O) groups is 1. The summed E-state index contributed by atoms with van der Waals surface area (Å²) in [6, 6.07) is 1.46. The van der Waals surface area contributed by atoms with E-state index in [0.29, 0.717) is 31.9 Å². The summed E-state index contributed by atoms with van der Waals surface area (Å²) in [6.45, 7) is 3.52. The van der Waals surface area contributed by atoms with Gasteiger partial charge in [0.05, 0.1) is 30.4 Å². The number of amides is 2. The smallest absolute Gasteiger partial charge is 0.322 e. The lowest BCUT2D eigenvalue weighted by Crippen LogP contribution is -2.43. The van der Waals surface area contributed by atoms with Crippen LogP contribution in [0.4, 0.5) is 10.5 Å². The van der Waals surface area contributed by atoms with Crippen LogP contribution in [0.3, 0.4) is 0 Å². The summed E-state index contributed by atoms with van der Waals surface area (Å²) in [5, 5.41) is 2.99. The Kier molecular flexibility index (Phi) is 4.02. The van der Waals surface area contributed by atoms with Crippen molar-refractivity contribution in [3.05, 3.63) is 17.2 Å². The predicted octanol–water partition coefficient (Wildman–Crippen LogP) is 1.60. The van der Waals surface area contributed by atoms with Crippen LogP contribution in [0.25, 0.3) is 0 Å². The van der Waals surface area contributed by atoms with Crippen molar-refractivity contribution in [2.24, 2.45) is 0 Å². The van der Waals surface area contributed by atoms with Crippen LogP contribution in [0.15, 0.2) is 6.07 Å². The highest BCUT2D eigenvalue weighted by Gasteiger charge is 2.35. The minimum atomic E-state index is -3.04. The minimum absolute atomic E-state index is 0.0406. The van der Waals surface area contributed by atoms with Crippen LogP contribution < -0.4 is 14.8 Å². The molecule has 1 N–H and O–H groups in total. The zero-order valence-corrected chi connectivity index (χ0v) is 15.0. The number of hydrogen-bond acceptors (Lipinski definition) is 5. The second-order valence-electron chi connectivity index (χ2n) is 6.69. The number of nitrogens with zero attached hydrogens (tertiary/aromatic N) is 1. The number of ether oxygens (including phenoxy) is 2. The second kappa shape index (κ2) is 6.09. The Morgan fingerprint density at radius 1 is 1.32 bits per heavy atom. The first-order valence-corrected chi connectivity index (χ1v) is 10.5. The van der Waals surface area contributed by atoms with Crippen molar-refractivity contribution in [1.82, 2.24) is 4.90 Å². The number of hydrogen-bond donors (Lipinski definition) is 1. The molecule has 0 aromatic heterocycles. The molecule has 2 amide bonds. The van der Waals surface area contributed by atoms with E-state index in [9.17, 15) is 13.2 Å². The van der Waals surface area contributed by atoms with Gasteiger partial charge < -0.3 is 19.7 Å². The topological polar surface area (TPSA) is 84.9 Å². The Morgan fingerprint density at radius 3 is 2.84 bits per heavy atom. The van der Waals surface area contributed by atoms with Gasteiger partial charge >= 0.3 is 6.03 Å². The van der Waals surface area contributed by atoms with Crippen molar-refractivity contribution < 1.29 is 22.7 Å². The molecular weight excluding hydrogens is 344 g/mol. The van der Waals surface area contributed by atoms with Crippen molar-refractivity contribution in [3.63, 3.8) is 0 Å². The zero-order chi connectivity index (χ0) is 17.6. The van der Waals surface area contributed by atoms with E-state index in [4.69, 9.17) is 9.47 Å². The summed E-state index contributed by atoms with van der Waals surface area (Å²) < 4.78 is 34.9. The third-order valence-electron chi connectivity index (χ3n) is 5.13. The molecule has 0 spiro atoms. The number of fused-ring (bicyclic) bond motifs is 2. The number of rotatable bonds is 3. The molecule has 0 radical (unpaired) electrons. The normalized spacial score (nSPS) is 22.7. The van der Waals surface area contributed by atoms with E-state index in [0.717, 1.165) is 35.5 Å². The first-order valence-electron chi connectivity index (χ1n) is 8.71. The van der Waals surface area contributed by atoms with E-state index in [1.807, 2.05) is 13.0 Å². The lowest BCUT2D eigenvalue weighted by Gasteiger charge is -2.27. The first kappa shape index (κ1) is 16.5. The second-order valence-corrected chi connectivity index (χ2v) is 8.92. The molecule has 3 aliphatic rings. The number of nitrogens with one attached hydrogen (secondary N) is 1. The Morgan fingerprint density at radius 2 is 2.12 bits per heavy atom. The van der Waals surface area contributed by atoms with E-state index < -0.39 is 9.84 Å². The number of urea groups is 1. The van der Waals surface area contributed by atoms with Crippen LogP contribution in [0.1, 0.15) is 24.5 Å². The fourth-order valence-electron chi connectivity index (χ4n) is 3.89. The molecular formula is C17H22N2O5S. The van der Waals surface area contributed by atoms with Crippen LogP contribution in [-0.2, 0) is 22.7 Å². The quantitative estimate of drug-likeness (QED) is 0.878. The molecule has 0 saturated carbocycles. The Bertz CT molecular complexity index is 789. The van der Waals surface area contributed by atoms with Crippen LogP contribution in [0.5, 0.6) is 11.5 Å². The largest absolute Gasteiger partial charge is 0.493 e. The lowest BCUT2D eigenvalue weighted by atomic mass is 10.0. The van der Waals surface area contributed by atoms with Gasteiger partial charge in [-0.3, -0.25) is 0 Å². The van der Waals surface area contributed by atoms with Crippen molar-refractivity contribution >= 4 is 21.6 Å². The predicted molar refractivity (Wildman–Crippen MR) is 93.3 cm³/mol. The molecule has 1 fully saturated rings. The highest BCUT2D eigenvalue weighted by Crippen LogP contribution is 2.44. The van der Waals surface area contributed by atoms with Crippen LogP contribution in [0.2, 0.25) is 0 Å². The summed E-state index contributed by atoms with van der Waals surface area (Å²) in [5.41, 5.74) is 2.69. The minimum Gasteiger partial charge on any atom is -0.493 e. The van der Waals surface area contributed by atoms with Gasteiger partial charge in [0.25, 0.3) is 0 Å². The SMILES string of the molecule is CCN(C(=O)Nc1c2c(cc3c1OCC3)OCC2)C1CCS(=O)(=O)C1. The summed E-state index contributed by atoms with van der Waals surface area (Å²) in [5.74, 6) is 1.73. The molecule has 1 atom stereocenters. The Balaban J connectivity index is 1.61. The Labute approximate surface area is 147 Å². The molecule has 8 heteroatoms. The fraction of sp³-hybridized carbons (Fsp3) is 0.588. The molecule has 3 aliphatic heterocycles. The van der Waals surface area contributed by atoms with Crippen molar-refractivity contribution in [3.8, 4) is 11.5 Å². The van der Waals surface area contributed by atoms with Gasteiger partial charge in [-0.1, -0.05) is 0 Å². The van der Waals surface area contributed by atoms with E-state index in [2.05, 4.69) is 5.32 Å². The average molecular weight is 366 g/mol. The maximum atomic E-state index is 12.9. The summed E-state index contributed by atoms with van der Waals surface area (Å²) in [4.78, 5) is 14.5. The van der Waals surface area contributed by atoms with Crippen LogP contribution >= 0.6 is 0 Å². The molecule has 136 valence electrons. The van der Waals surface area contributed by atoms with Crippen LogP contribution in [0, 0.1) is 0 Å². The number of benzene rings is 1. The van der Waals surface area contributed by atoms with E-state index >= 15 is 0 Å². The number of anilines is 1. The highest BCUT2D eigenvalue weighted by molar-refractivity contribution is 7.91. The molecule has 25 heavy (non-hydrogen) atoms. The van der Waals surface area contributed by atoms with Crippen molar-refractivity contribution in [2.45, 2.75) is 32.2 Å². The van der Waals surface area contributed by atoms with E-state index in [1.54, 1.807) is 4.90 Å². The molecule has 4 rings (SSSR count). The van der Waals surface area contributed by atoms with Gasteiger partial charge in [-0.2, -0.15) is 0 Å². The summed E-state index contributed by atoms with van der Waals surface area (Å²) in [6.07, 6.45) is 2.02. The third kappa shape index (κ3) is 2.92. The fourth-order valence-corrected chi connectivity index (χ4v) is 5.62. The summed E-state index contributed by atoms with van der Waals surface area (Å²) >= 11 is 0. The molecule has 1 aromatic carbocycles. The lowest BCUT2D eigenvalue weighted by molar-refractivity contribution is 0.197. The number of sulfone groups is 1. The van der Waals surface area contributed by atoms with Crippen molar-refractivity contribution in [1.29, 1.82) is 0 Å². The molecule has 1 unspecified atom stereocenters. The average Bonchev–Trinajstić information content (AvgIpc) is 3.27. The van der Waals surface area contributed by atoms with Gasteiger partial charge in [-0.05, 0) is 19.4 Å². The van der Waals surface area contributed by atoms with Gasteiger partial charge in [0.15, 0.2) is 9.84 Å². The van der Waals surface area contributed by atoms with Crippen molar-refractivity contribution in [2.75, 3.05) is 36.6 Å².